The number of ether oxygens (including phenoxy) is 2. The summed E-state index contributed by atoms with van der Waals surface area (Å²) < 4.78 is 12.4. The van der Waals surface area contributed by atoms with Crippen LogP contribution in [0.2, 0.25) is 0 Å². The molecule has 162 valence electrons. The van der Waals surface area contributed by atoms with Crippen molar-refractivity contribution in [1.29, 1.82) is 0 Å². The Balaban J connectivity index is 1.38. The van der Waals surface area contributed by atoms with E-state index >= 15 is 0 Å². The first kappa shape index (κ1) is 20.3. The fourth-order valence-electron chi connectivity index (χ4n) is 4.28. The number of nitrogens with one attached hydrogen (secondary N) is 1. The molecule has 2 atom stereocenters. The number of nitrogens with zero attached hydrogens (tertiary/aromatic N) is 1. The second-order valence-corrected chi connectivity index (χ2v) is 9.17. The number of hydrogen-bond donors (Lipinski definition) is 2. The SMILES string of the molecule is O=C(NC(CN1CCCC1)[C@H](O)c1ccc2c(c1)OCCO2)c1cc2ccccc2s1. The zero-order chi connectivity index (χ0) is 21.2. The third kappa shape index (κ3) is 4.39. The molecule has 7 heteroatoms. The van der Waals surface area contributed by atoms with Gasteiger partial charge >= 0.3 is 0 Å². The molecule has 0 spiro atoms. The molecule has 1 aromatic heterocycles. The Bertz CT molecular complexity index is 1040. The molecule has 2 aliphatic heterocycles. The molecule has 5 rings (SSSR count). The Morgan fingerprint density at radius 2 is 1.84 bits per heavy atom. The highest BCUT2D eigenvalue weighted by molar-refractivity contribution is 7.20. The first-order valence-corrected chi connectivity index (χ1v) is 11.6. The molecule has 3 heterocycles. The van der Waals surface area contributed by atoms with E-state index in [1.165, 1.54) is 11.3 Å². The van der Waals surface area contributed by atoms with E-state index in [9.17, 15) is 9.90 Å². The van der Waals surface area contributed by atoms with E-state index in [4.69, 9.17) is 9.47 Å². The molecule has 3 aromatic rings. The van der Waals surface area contributed by atoms with Crippen LogP contribution >= 0.6 is 11.3 Å². The minimum atomic E-state index is -0.852. The van der Waals surface area contributed by atoms with Gasteiger partial charge in [0.1, 0.15) is 19.3 Å². The predicted molar refractivity (Wildman–Crippen MR) is 121 cm³/mol. The number of carbonyl (C=O) groups excluding carboxylic acids is 1. The number of rotatable bonds is 6. The van der Waals surface area contributed by atoms with E-state index in [-0.39, 0.29) is 5.91 Å². The average Bonchev–Trinajstić information content (AvgIpc) is 3.47. The molecule has 2 aromatic carbocycles. The molecule has 2 N–H and O–H groups in total. The van der Waals surface area contributed by atoms with Gasteiger partial charge in [-0.15, -0.1) is 11.3 Å². The van der Waals surface area contributed by atoms with E-state index in [1.54, 1.807) is 0 Å². The maximum Gasteiger partial charge on any atom is 0.261 e. The number of hydrogen-bond acceptors (Lipinski definition) is 6. The van der Waals surface area contributed by atoms with E-state index in [1.807, 2.05) is 48.5 Å². The van der Waals surface area contributed by atoms with Gasteiger partial charge in [-0.3, -0.25) is 4.79 Å². The van der Waals surface area contributed by atoms with Gasteiger partial charge < -0.3 is 24.8 Å². The summed E-state index contributed by atoms with van der Waals surface area (Å²) >= 11 is 1.47. The van der Waals surface area contributed by atoms with Gasteiger partial charge in [-0.2, -0.15) is 0 Å². The molecule has 1 amide bonds. The highest BCUT2D eigenvalue weighted by atomic mass is 32.1. The zero-order valence-corrected chi connectivity index (χ0v) is 18.1. The van der Waals surface area contributed by atoms with Crippen molar-refractivity contribution in [3.05, 3.63) is 59.0 Å². The standard InChI is InChI=1S/C24H26N2O4S/c27-23(17-7-8-19-20(13-17)30-12-11-29-19)18(15-26-9-3-4-10-26)25-24(28)22-14-16-5-1-2-6-21(16)31-22/h1-2,5-8,13-14,18,23,27H,3-4,9-12,15H2,(H,25,28)/t18?,23-/m1/s1. The second kappa shape index (κ2) is 8.86. The number of fused-ring (bicyclic) bond motifs is 2. The van der Waals surface area contributed by atoms with Gasteiger partial charge in [-0.25, -0.2) is 0 Å². The number of thiophene rings is 1. The Labute approximate surface area is 185 Å². The first-order valence-electron chi connectivity index (χ1n) is 10.8. The summed E-state index contributed by atoms with van der Waals surface area (Å²) in [6.07, 6.45) is 1.45. The van der Waals surface area contributed by atoms with Crippen LogP contribution in [0.4, 0.5) is 0 Å². The normalized spacial score (nSPS) is 18.1. The van der Waals surface area contributed by atoms with Gasteiger partial charge in [0, 0.05) is 11.2 Å². The summed E-state index contributed by atoms with van der Waals surface area (Å²) in [5, 5.41) is 15.4. The molecule has 6 nitrogen and oxygen atoms in total. The number of aliphatic hydroxyl groups is 1. The van der Waals surface area contributed by atoms with Crippen LogP contribution in [0.1, 0.15) is 34.2 Å². The van der Waals surface area contributed by atoms with Crippen LogP contribution in [-0.4, -0.2) is 54.8 Å². The first-order chi connectivity index (χ1) is 15.2. The molecule has 0 bridgehead atoms. The number of likely N-dealkylation sites (tertiary alicyclic amines) is 1. The number of amides is 1. The third-order valence-electron chi connectivity index (χ3n) is 5.91. The van der Waals surface area contributed by atoms with Crippen LogP contribution in [0.3, 0.4) is 0 Å². The number of carbonyl (C=O) groups is 1. The fourth-order valence-corrected chi connectivity index (χ4v) is 5.24. The summed E-state index contributed by atoms with van der Waals surface area (Å²) in [5.74, 6) is 1.17. The molecule has 0 radical (unpaired) electrons. The zero-order valence-electron chi connectivity index (χ0n) is 17.3. The monoisotopic (exact) mass is 438 g/mol. The molecule has 31 heavy (non-hydrogen) atoms. The van der Waals surface area contributed by atoms with Crippen molar-refractivity contribution in [2.24, 2.45) is 0 Å². The second-order valence-electron chi connectivity index (χ2n) is 8.08. The predicted octanol–water partition coefficient (Wildman–Crippen LogP) is 3.60. The van der Waals surface area contributed by atoms with Crippen molar-refractivity contribution >= 4 is 27.3 Å². The van der Waals surface area contributed by atoms with Gasteiger partial charge in [-0.1, -0.05) is 24.3 Å². The lowest BCUT2D eigenvalue weighted by Gasteiger charge is -2.29. The quantitative estimate of drug-likeness (QED) is 0.615. The smallest absolute Gasteiger partial charge is 0.261 e. The molecular formula is C24H26N2O4S. The topological polar surface area (TPSA) is 71.0 Å². The molecule has 0 saturated carbocycles. The lowest BCUT2D eigenvalue weighted by atomic mass is 10.0. The Kier molecular flexibility index (Phi) is 5.80. The van der Waals surface area contributed by atoms with Crippen molar-refractivity contribution in [2.45, 2.75) is 25.0 Å². The van der Waals surface area contributed by atoms with Crippen LogP contribution in [-0.2, 0) is 0 Å². The van der Waals surface area contributed by atoms with Crippen molar-refractivity contribution in [2.75, 3.05) is 32.8 Å². The largest absolute Gasteiger partial charge is 0.486 e. The number of benzene rings is 2. The van der Waals surface area contributed by atoms with Gasteiger partial charge in [-0.05, 0) is 61.1 Å². The van der Waals surface area contributed by atoms with Gasteiger partial charge in [0.2, 0.25) is 0 Å². The fraction of sp³-hybridized carbons (Fsp3) is 0.375. The summed E-state index contributed by atoms with van der Waals surface area (Å²) in [6.45, 7) is 3.60. The Morgan fingerprint density at radius 1 is 1.06 bits per heavy atom. The van der Waals surface area contributed by atoms with Gasteiger partial charge in [0.05, 0.1) is 10.9 Å². The van der Waals surface area contributed by atoms with Gasteiger partial charge in [0.25, 0.3) is 5.91 Å². The van der Waals surface area contributed by atoms with Crippen molar-refractivity contribution in [3.63, 3.8) is 0 Å². The van der Waals surface area contributed by atoms with E-state index < -0.39 is 12.1 Å². The van der Waals surface area contributed by atoms with Crippen LogP contribution in [0, 0.1) is 0 Å². The summed E-state index contributed by atoms with van der Waals surface area (Å²) in [6, 6.07) is 14.9. The maximum absolute atomic E-state index is 13.1. The molecule has 0 aliphatic carbocycles. The van der Waals surface area contributed by atoms with Crippen LogP contribution in [0.15, 0.2) is 48.5 Å². The van der Waals surface area contributed by atoms with E-state index in [0.29, 0.717) is 41.7 Å². The van der Waals surface area contributed by atoms with Crippen molar-refractivity contribution in [3.8, 4) is 11.5 Å². The molecule has 1 saturated heterocycles. The molecule has 1 fully saturated rings. The van der Waals surface area contributed by atoms with E-state index in [2.05, 4.69) is 10.2 Å². The minimum Gasteiger partial charge on any atom is -0.486 e. The van der Waals surface area contributed by atoms with Crippen LogP contribution < -0.4 is 14.8 Å². The third-order valence-corrected chi connectivity index (χ3v) is 7.02. The Hall–Kier alpha value is -2.61. The highest BCUT2D eigenvalue weighted by Crippen LogP contribution is 2.34. The lowest BCUT2D eigenvalue weighted by molar-refractivity contribution is 0.0774. The summed E-state index contributed by atoms with van der Waals surface area (Å²) in [7, 11) is 0. The summed E-state index contributed by atoms with van der Waals surface area (Å²) in [4.78, 5) is 16.0. The van der Waals surface area contributed by atoms with Crippen molar-refractivity contribution < 1.29 is 19.4 Å². The molecule has 1 unspecified atom stereocenters. The number of aliphatic hydroxyl groups excluding tert-OH is 1. The molecule has 2 aliphatic rings. The van der Waals surface area contributed by atoms with Crippen molar-refractivity contribution in [1.82, 2.24) is 10.2 Å². The highest BCUT2D eigenvalue weighted by Gasteiger charge is 2.28. The average molecular weight is 439 g/mol. The maximum atomic E-state index is 13.1. The van der Waals surface area contributed by atoms with Crippen LogP contribution in [0.25, 0.3) is 10.1 Å². The molecular weight excluding hydrogens is 412 g/mol. The summed E-state index contributed by atoms with van der Waals surface area (Å²) in [5.41, 5.74) is 0.713. The van der Waals surface area contributed by atoms with E-state index in [0.717, 1.165) is 36.0 Å². The minimum absolute atomic E-state index is 0.151. The van der Waals surface area contributed by atoms with Gasteiger partial charge in [0.15, 0.2) is 11.5 Å². The van der Waals surface area contributed by atoms with Crippen LogP contribution in [0.5, 0.6) is 11.5 Å². The Morgan fingerprint density at radius 3 is 2.65 bits per heavy atom. The lowest BCUT2D eigenvalue weighted by Crippen LogP contribution is -2.46.